The molecule has 4 heteroatoms. The number of pyridine rings is 1. The lowest BCUT2D eigenvalue weighted by Crippen LogP contribution is -2.39. The van der Waals surface area contributed by atoms with Crippen LogP contribution in [0.25, 0.3) is 0 Å². The second kappa shape index (κ2) is 6.75. The number of aromatic nitrogens is 1. The fraction of sp³-hybridized carbons (Fsp3) is 0.105. The van der Waals surface area contributed by atoms with Gasteiger partial charge >= 0.3 is 0 Å². The van der Waals surface area contributed by atoms with E-state index in [9.17, 15) is 8.42 Å². The summed E-state index contributed by atoms with van der Waals surface area (Å²) >= 11 is 0. The highest BCUT2D eigenvalue weighted by Gasteiger charge is 2.21. The minimum absolute atomic E-state index is 0.00924. The molecule has 1 heterocycles. The molecule has 116 valence electrons. The van der Waals surface area contributed by atoms with Crippen LogP contribution in [0.3, 0.4) is 0 Å². The Kier molecular flexibility index (Phi) is 4.53. The van der Waals surface area contributed by atoms with Gasteiger partial charge < -0.3 is 0 Å². The maximum absolute atomic E-state index is 12.6. The largest absolute Gasteiger partial charge is 0.223 e. The van der Waals surface area contributed by atoms with Crippen LogP contribution in [0.5, 0.6) is 0 Å². The zero-order chi connectivity index (χ0) is 16.1. The van der Waals surface area contributed by atoms with Crippen LogP contribution in [0.1, 0.15) is 11.3 Å². The van der Waals surface area contributed by atoms with Crippen molar-refractivity contribution in [1.29, 1.82) is 0 Å². The molecule has 3 rings (SSSR count). The Labute approximate surface area is 136 Å². The van der Waals surface area contributed by atoms with E-state index < -0.39 is 9.84 Å². The first-order valence-electron chi connectivity index (χ1n) is 7.44. The molecule has 0 bridgehead atoms. The van der Waals surface area contributed by atoms with E-state index in [2.05, 4.69) is 0 Å². The molecule has 0 aliphatic carbocycles. The standard InChI is InChI=1S/C19H18NO2S/c21-23(22,19-12-5-2-6-13-19)16-18-11-7-8-14-20(18)15-17-9-3-1-4-10-17/h1-14H,15-16H2/q+1. The Morgan fingerprint density at radius 3 is 2.04 bits per heavy atom. The number of sulfone groups is 1. The molecule has 0 radical (unpaired) electrons. The van der Waals surface area contributed by atoms with Gasteiger partial charge in [0.2, 0.25) is 0 Å². The first-order chi connectivity index (χ1) is 11.1. The molecule has 0 unspecified atom stereocenters. The Morgan fingerprint density at radius 1 is 0.739 bits per heavy atom. The van der Waals surface area contributed by atoms with E-state index in [0.29, 0.717) is 11.4 Å². The first kappa shape index (κ1) is 15.4. The predicted octanol–water partition coefficient (Wildman–Crippen LogP) is 3.00. The molecule has 0 N–H and O–H groups in total. The van der Waals surface area contributed by atoms with Gasteiger partial charge in [-0.1, -0.05) is 54.6 Å². The van der Waals surface area contributed by atoms with Crippen molar-refractivity contribution in [3.63, 3.8) is 0 Å². The fourth-order valence-corrected chi connectivity index (χ4v) is 3.87. The van der Waals surface area contributed by atoms with Gasteiger partial charge in [0.1, 0.15) is 5.75 Å². The van der Waals surface area contributed by atoms with Crippen molar-refractivity contribution in [3.05, 3.63) is 96.3 Å². The van der Waals surface area contributed by atoms with Crippen molar-refractivity contribution in [2.24, 2.45) is 0 Å². The van der Waals surface area contributed by atoms with Gasteiger partial charge in [0.15, 0.2) is 28.3 Å². The Balaban J connectivity index is 1.89. The number of hydrogen-bond donors (Lipinski definition) is 0. The third-order valence-electron chi connectivity index (χ3n) is 3.67. The molecular weight excluding hydrogens is 306 g/mol. The second-order valence-electron chi connectivity index (χ2n) is 5.38. The van der Waals surface area contributed by atoms with Crippen LogP contribution in [0, 0.1) is 0 Å². The molecule has 0 amide bonds. The molecular formula is C19H18NO2S+. The molecule has 0 aliphatic rings. The average molecular weight is 324 g/mol. The molecule has 0 fully saturated rings. The molecule has 2 aromatic carbocycles. The SMILES string of the molecule is O=S(=O)(Cc1cccc[n+]1Cc1ccccc1)c1ccccc1. The number of rotatable bonds is 5. The van der Waals surface area contributed by atoms with E-state index in [0.717, 1.165) is 11.3 Å². The minimum atomic E-state index is -3.35. The van der Waals surface area contributed by atoms with E-state index in [4.69, 9.17) is 0 Å². The topological polar surface area (TPSA) is 38.0 Å². The van der Waals surface area contributed by atoms with Gasteiger partial charge in [-0.15, -0.1) is 0 Å². The van der Waals surface area contributed by atoms with Crippen LogP contribution in [0.2, 0.25) is 0 Å². The van der Waals surface area contributed by atoms with Gasteiger partial charge in [-0.05, 0) is 12.1 Å². The van der Waals surface area contributed by atoms with Crippen molar-refractivity contribution >= 4 is 9.84 Å². The number of hydrogen-bond acceptors (Lipinski definition) is 2. The Bertz CT molecular complexity index is 876. The highest BCUT2D eigenvalue weighted by molar-refractivity contribution is 7.90. The normalized spacial score (nSPS) is 11.3. The van der Waals surface area contributed by atoms with Gasteiger partial charge in [0, 0.05) is 17.7 Å². The lowest BCUT2D eigenvalue weighted by Gasteiger charge is -2.06. The summed E-state index contributed by atoms with van der Waals surface area (Å²) in [7, 11) is -3.35. The van der Waals surface area contributed by atoms with Crippen LogP contribution in [0.15, 0.2) is 90.0 Å². The van der Waals surface area contributed by atoms with Gasteiger partial charge in [0.25, 0.3) is 0 Å². The zero-order valence-electron chi connectivity index (χ0n) is 12.7. The molecule has 3 nitrogen and oxygen atoms in total. The van der Waals surface area contributed by atoms with E-state index in [-0.39, 0.29) is 5.75 Å². The predicted molar refractivity (Wildman–Crippen MR) is 89.5 cm³/mol. The third-order valence-corrected chi connectivity index (χ3v) is 5.34. The van der Waals surface area contributed by atoms with Gasteiger partial charge in [0.05, 0.1) is 4.90 Å². The zero-order valence-corrected chi connectivity index (χ0v) is 13.5. The molecule has 0 spiro atoms. The van der Waals surface area contributed by atoms with Crippen LogP contribution >= 0.6 is 0 Å². The maximum atomic E-state index is 12.6. The summed E-state index contributed by atoms with van der Waals surface area (Å²) in [4.78, 5) is 0.357. The summed E-state index contributed by atoms with van der Waals surface area (Å²) in [5, 5.41) is 0. The number of benzene rings is 2. The second-order valence-corrected chi connectivity index (χ2v) is 7.37. The van der Waals surface area contributed by atoms with E-state index in [1.54, 1.807) is 24.3 Å². The van der Waals surface area contributed by atoms with Gasteiger partial charge in [-0.25, -0.2) is 8.42 Å². The highest BCUT2D eigenvalue weighted by atomic mass is 32.2. The van der Waals surface area contributed by atoms with Crippen molar-refractivity contribution in [3.8, 4) is 0 Å². The summed E-state index contributed by atoms with van der Waals surface area (Å²) in [6.07, 6.45) is 1.92. The Morgan fingerprint density at radius 2 is 1.35 bits per heavy atom. The Hall–Kier alpha value is -2.46. The van der Waals surface area contributed by atoms with Crippen LogP contribution in [-0.2, 0) is 22.1 Å². The quantitative estimate of drug-likeness (QED) is 0.677. The summed E-state index contributed by atoms with van der Waals surface area (Å²) in [5.74, 6) is -0.00924. The summed E-state index contributed by atoms with van der Waals surface area (Å²) in [6.45, 7) is 0.654. The van der Waals surface area contributed by atoms with Crippen LogP contribution < -0.4 is 4.57 Å². The van der Waals surface area contributed by atoms with Crippen molar-refractivity contribution in [1.82, 2.24) is 0 Å². The summed E-state index contributed by atoms with van der Waals surface area (Å²) in [6, 6.07) is 24.3. The molecule has 0 saturated carbocycles. The minimum Gasteiger partial charge on any atom is -0.223 e. The highest BCUT2D eigenvalue weighted by Crippen LogP contribution is 2.14. The summed E-state index contributed by atoms with van der Waals surface area (Å²) < 4.78 is 27.2. The first-order valence-corrected chi connectivity index (χ1v) is 9.09. The molecule has 0 saturated heterocycles. The molecule has 1 aromatic heterocycles. The van der Waals surface area contributed by atoms with Crippen LogP contribution in [-0.4, -0.2) is 8.42 Å². The lowest BCUT2D eigenvalue weighted by molar-refractivity contribution is -0.694. The van der Waals surface area contributed by atoms with Crippen molar-refractivity contribution < 1.29 is 13.0 Å². The third kappa shape index (κ3) is 3.85. The number of nitrogens with zero attached hydrogens (tertiary/aromatic N) is 1. The summed E-state index contributed by atoms with van der Waals surface area (Å²) in [5.41, 5.74) is 1.92. The average Bonchev–Trinajstić information content (AvgIpc) is 2.58. The smallest absolute Gasteiger partial charge is 0.197 e. The molecule has 23 heavy (non-hydrogen) atoms. The van der Waals surface area contributed by atoms with Crippen LogP contribution in [0.4, 0.5) is 0 Å². The lowest BCUT2D eigenvalue weighted by atomic mass is 10.2. The monoisotopic (exact) mass is 324 g/mol. The molecule has 0 atom stereocenters. The van der Waals surface area contributed by atoms with Gasteiger partial charge in [-0.3, -0.25) is 0 Å². The fourth-order valence-electron chi connectivity index (χ4n) is 2.48. The van der Waals surface area contributed by atoms with E-state index in [1.807, 2.05) is 65.4 Å². The van der Waals surface area contributed by atoms with Crippen molar-refractivity contribution in [2.75, 3.05) is 0 Å². The van der Waals surface area contributed by atoms with E-state index in [1.165, 1.54) is 0 Å². The maximum Gasteiger partial charge on any atom is 0.197 e. The molecule has 0 aliphatic heterocycles. The molecule has 3 aromatic rings. The van der Waals surface area contributed by atoms with Gasteiger partial charge in [-0.2, -0.15) is 4.57 Å². The van der Waals surface area contributed by atoms with E-state index >= 15 is 0 Å². The van der Waals surface area contributed by atoms with Crippen molar-refractivity contribution in [2.45, 2.75) is 17.2 Å².